The fourth-order valence-electron chi connectivity index (χ4n) is 4.28. The third-order valence-corrected chi connectivity index (χ3v) is 7.78. The molecule has 0 aromatic rings. The number of aliphatic hydroxyl groups is 2. The molecule has 0 aliphatic heterocycles. The van der Waals surface area contributed by atoms with Gasteiger partial charge in [0, 0.05) is 43.7 Å². The van der Waals surface area contributed by atoms with Gasteiger partial charge in [-0.15, -0.1) is 24.0 Å². The van der Waals surface area contributed by atoms with Crippen LogP contribution in [-0.2, 0) is 19.1 Å². The Bertz CT molecular complexity index is 686. The molecule has 11 heteroatoms. The monoisotopic (exact) mass is 1110 g/mol. The molecule has 0 fully saturated rings. The molecule has 0 saturated carbocycles. The van der Waals surface area contributed by atoms with Crippen LogP contribution in [0.3, 0.4) is 0 Å². The van der Waals surface area contributed by atoms with E-state index in [9.17, 15) is 19.8 Å². The minimum Gasteiger partial charge on any atom is -0.459 e. The van der Waals surface area contributed by atoms with Crippen LogP contribution in [0, 0.1) is 0 Å². The van der Waals surface area contributed by atoms with Crippen LogP contribution in [-0.4, -0.2) is 57.2 Å². The van der Waals surface area contributed by atoms with Crippen molar-refractivity contribution in [1.82, 2.24) is 0 Å². The fourth-order valence-corrected chi connectivity index (χ4v) is 4.54. The van der Waals surface area contributed by atoms with Gasteiger partial charge in [0.2, 0.25) is 0 Å². The second-order valence-electron chi connectivity index (χ2n) is 10.9. The van der Waals surface area contributed by atoms with Crippen molar-refractivity contribution in [2.24, 2.45) is 0 Å². The summed E-state index contributed by atoms with van der Waals surface area (Å²) in [7, 11) is 0. The molecule has 0 aromatic heterocycles. The SMILES string of the molecule is CCCCC/C=C\CC(O)C(CCCCC)OC(=O)CBr.CCCCC/C=C\CC(OC(=O)CBr)C(O)CCCCC.I.II. The van der Waals surface area contributed by atoms with Crippen molar-refractivity contribution in [1.29, 1.82) is 0 Å². The summed E-state index contributed by atoms with van der Waals surface area (Å²) in [4.78, 5) is 22.8. The number of allylic oxidation sites excluding steroid dienone is 2. The Kier molecular flexibility index (Phi) is 51.5. The lowest BCUT2D eigenvalue weighted by Gasteiger charge is -2.22. The highest BCUT2D eigenvalue weighted by atomic mass is 128. The van der Waals surface area contributed by atoms with Crippen LogP contribution in [0.2, 0.25) is 0 Å². The van der Waals surface area contributed by atoms with Crippen molar-refractivity contribution < 1.29 is 29.3 Å². The maximum Gasteiger partial charge on any atom is 0.316 e. The van der Waals surface area contributed by atoms with Crippen molar-refractivity contribution >= 4 is 105 Å². The summed E-state index contributed by atoms with van der Waals surface area (Å²) in [6.45, 7) is 8.64. The van der Waals surface area contributed by atoms with Crippen LogP contribution >= 0.6 is 93.1 Å². The van der Waals surface area contributed by atoms with Gasteiger partial charge in [-0.05, 0) is 51.4 Å². The third kappa shape index (κ3) is 38.1. The average molecular weight is 1110 g/mol. The number of aliphatic hydroxyl groups excluding tert-OH is 2. The minimum atomic E-state index is -0.604. The Morgan fingerprint density at radius 1 is 0.600 bits per heavy atom. The van der Waals surface area contributed by atoms with Gasteiger partial charge in [-0.25, -0.2) is 0 Å². The van der Waals surface area contributed by atoms with Gasteiger partial charge in [0.05, 0.1) is 12.2 Å². The first-order chi connectivity index (χ1) is 21.3. The highest BCUT2D eigenvalue weighted by Crippen LogP contribution is 2.16. The Morgan fingerprint density at radius 2 is 1.00 bits per heavy atom. The van der Waals surface area contributed by atoms with Crippen LogP contribution < -0.4 is 0 Å². The van der Waals surface area contributed by atoms with E-state index in [0.717, 1.165) is 57.8 Å². The Labute approximate surface area is 333 Å². The molecule has 45 heavy (non-hydrogen) atoms. The van der Waals surface area contributed by atoms with Gasteiger partial charge in [0.15, 0.2) is 0 Å². The van der Waals surface area contributed by atoms with Crippen molar-refractivity contribution in [3.63, 3.8) is 0 Å². The largest absolute Gasteiger partial charge is 0.459 e. The summed E-state index contributed by atoms with van der Waals surface area (Å²) >= 11 is 10.4. The van der Waals surface area contributed by atoms with E-state index in [-0.39, 0.29) is 52.7 Å². The molecule has 0 aliphatic carbocycles. The van der Waals surface area contributed by atoms with Gasteiger partial charge in [0.1, 0.15) is 22.9 Å². The van der Waals surface area contributed by atoms with E-state index in [0.29, 0.717) is 19.3 Å². The number of unbranched alkanes of at least 4 members (excludes halogenated alkanes) is 10. The van der Waals surface area contributed by atoms with Crippen molar-refractivity contribution in [3.05, 3.63) is 24.3 Å². The minimum absolute atomic E-state index is 0. The molecule has 0 rings (SSSR count). The highest BCUT2D eigenvalue weighted by Gasteiger charge is 2.22. The van der Waals surface area contributed by atoms with Gasteiger partial charge < -0.3 is 19.7 Å². The molecular weight excluding hydrogens is 1040 g/mol. The summed E-state index contributed by atoms with van der Waals surface area (Å²) in [6, 6.07) is 0. The van der Waals surface area contributed by atoms with Gasteiger partial charge >= 0.3 is 11.9 Å². The number of carbonyl (C=O) groups excluding carboxylic acids is 2. The maximum absolute atomic E-state index is 11.4. The average Bonchev–Trinajstić information content (AvgIpc) is 3.04. The van der Waals surface area contributed by atoms with Crippen LogP contribution in [0.4, 0.5) is 0 Å². The summed E-state index contributed by atoms with van der Waals surface area (Å²) in [6.07, 6.45) is 24.7. The number of hydrogen-bond acceptors (Lipinski definition) is 6. The number of halogens is 5. The first-order valence-corrected chi connectivity index (χ1v) is 25.1. The zero-order valence-corrected chi connectivity index (χ0v) is 38.0. The molecule has 0 aromatic carbocycles. The molecule has 0 bridgehead atoms. The summed E-state index contributed by atoms with van der Waals surface area (Å²) in [5, 5.41) is 20.8. The topological polar surface area (TPSA) is 93.1 Å². The molecule has 6 nitrogen and oxygen atoms in total. The van der Waals surface area contributed by atoms with Crippen LogP contribution in [0.5, 0.6) is 0 Å². The molecule has 270 valence electrons. The first kappa shape index (κ1) is 53.3. The Balaban J connectivity index is -0.000000346. The third-order valence-electron chi connectivity index (χ3n) is 6.87. The fraction of sp³-hybridized carbons (Fsp3) is 0.824. The van der Waals surface area contributed by atoms with E-state index in [1.807, 2.05) is 12.2 Å². The van der Waals surface area contributed by atoms with E-state index in [4.69, 9.17) is 9.47 Å². The summed E-state index contributed by atoms with van der Waals surface area (Å²) in [5.74, 6) is -0.614. The summed E-state index contributed by atoms with van der Waals surface area (Å²) in [5.41, 5.74) is 0. The smallest absolute Gasteiger partial charge is 0.316 e. The van der Waals surface area contributed by atoms with Gasteiger partial charge in [-0.1, -0.05) is 142 Å². The number of rotatable bonds is 26. The number of ether oxygens (including phenoxy) is 2. The van der Waals surface area contributed by atoms with Crippen molar-refractivity contribution in [2.45, 2.75) is 168 Å². The first-order valence-electron chi connectivity index (χ1n) is 16.6. The predicted molar refractivity (Wildman–Crippen MR) is 227 cm³/mol. The number of hydrogen-bond donors (Lipinski definition) is 2. The standard InChI is InChI=1S/2C17H31BrO3.I2.HI/c1-3-5-7-8-9-11-12-15(19)16(13-10-6-4-2)21-17(20)14-18;1-3-5-7-8-9-11-13-16(21-17(20)14-18)15(19)12-10-6-4-2;1-2;/h2*9,11,15-16,19H,3-8,10,12-14H2,1-2H3;;1H/b2*11-9-;;. The highest BCUT2D eigenvalue weighted by molar-refractivity contribution is 15.0. The van der Waals surface area contributed by atoms with Gasteiger partial charge in [-0.2, -0.15) is 0 Å². The zero-order chi connectivity index (χ0) is 33.8. The maximum atomic E-state index is 11.4. The normalized spacial score (nSPS) is 13.5. The van der Waals surface area contributed by atoms with Crippen molar-refractivity contribution in [2.75, 3.05) is 10.7 Å². The molecule has 0 saturated heterocycles. The Morgan fingerprint density at radius 3 is 1.44 bits per heavy atom. The van der Waals surface area contributed by atoms with E-state index in [2.05, 4.69) is 109 Å². The van der Waals surface area contributed by atoms with Crippen molar-refractivity contribution in [3.8, 4) is 0 Å². The molecule has 0 heterocycles. The van der Waals surface area contributed by atoms with Gasteiger partial charge in [0.25, 0.3) is 0 Å². The molecule has 4 unspecified atom stereocenters. The number of esters is 2. The molecule has 0 spiro atoms. The molecule has 0 radical (unpaired) electrons. The van der Waals surface area contributed by atoms with Crippen LogP contribution in [0.1, 0.15) is 143 Å². The lowest BCUT2D eigenvalue weighted by atomic mass is 10.0. The lowest BCUT2D eigenvalue weighted by Crippen LogP contribution is -2.31. The second kappa shape index (κ2) is 43.5. The predicted octanol–water partition coefficient (Wildman–Crippen LogP) is 11.9. The molecule has 0 amide bonds. The molecular formula is C34H63Br2I3O6. The van der Waals surface area contributed by atoms with E-state index < -0.39 is 18.3 Å². The van der Waals surface area contributed by atoms with Crippen LogP contribution in [0.15, 0.2) is 24.3 Å². The molecule has 2 N–H and O–H groups in total. The summed E-state index contributed by atoms with van der Waals surface area (Å²) < 4.78 is 10.7. The molecule has 4 atom stereocenters. The van der Waals surface area contributed by atoms with E-state index in [1.54, 1.807) is 0 Å². The quantitative estimate of drug-likeness (QED) is 0.0295. The van der Waals surface area contributed by atoms with Crippen LogP contribution in [0.25, 0.3) is 0 Å². The number of carbonyl (C=O) groups is 2. The second-order valence-corrected chi connectivity index (χ2v) is 12.0. The lowest BCUT2D eigenvalue weighted by molar-refractivity contribution is -0.152. The van der Waals surface area contributed by atoms with E-state index in [1.165, 1.54) is 38.5 Å². The van der Waals surface area contributed by atoms with Gasteiger partial charge in [-0.3, -0.25) is 9.59 Å². The van der Waals surface area contributed by atoms with E-state index >= 15 is 0 Å². The molecule has 0 aliphatic rings. The number of alkyl halides is 2. The zero-order valence-electron chi connectivity index (χ0n) is 28.2. The Hall–Kier alpha value is 1.49.